The number of nitrogens with zero attached hydrogens (tertiary/aromatic N) is 2. The summed E-state index contributed by atoms with van der Waals surface area (Å²) in [5.74, 6) is 0.582. The van der Waals surface area contributed by atoms with E-state index in [9.17, 15) is 9.90 Å². The Morgan fingerprint density at radius 1 is 1.19 bits per heavy atom. The van der Waals surface area contributed by atoms with Crippen molar-refractivity contribution in [3.63, 3.8) is 0 Å². The molecule has 0 spiro atoms. The van der Waals surface area contributed by atoms with Crippen LogP contribution in [0.15, 0.2) is 107 Å². The minimum absolute atomic E-state index is 0.232. The van der Waals surface area contributed by atoms with Gasteiger partial charge in [0.25, 0.3) is 0 Å². The molecule has 4 aromatic rings. The Labute approximate surface area is 208 Å². The molecule has 36 heavy (non-hydrogen) atoms. The van der Waals surface area contributed by atoms with Crippen LogP contribution < -0.4 is 10.7 Å². The Morgan fingerprint density at radius 2 is 2.06 bits per heavy atom. The third kappa shape index (κ3) is 6.37. The van der Waals surface area contributed by atoms with Gasteiger partial charge in [0.2, 0.25) is 0 Å². The first-order valence-electron chi connectivity index (χ1n) is 11.7. The highest BCUT2D eigenvalue weighted by atomic mass is 16.5. The second kappa shape index (κ2) is 12.3. The highest BCUT2D eigenvalue weighted by Gasteiger charge is 2.15. The molecule has 0 aliphatic rings. The number of aromatic nitrogens is 3. The summed E-state index contributed by atoms with van der Waals surface area (Å²) in [6.45, 7) is 4.40. The van der Waals surface area contributed by atoms with Gasteiger partial charge in [-0.05, 0) is 43.0 Å². The number of aryl methyl sites for hydroxylation is 1. The van der Waals surface area contributed by atoms with Crippen LogP contribution in [0.4, 0.5) is 5.69 Å². The van der Waals surface area contributed by atoms with E-state index in [1.54, 1.807) is 42.7 Å². The molecule has 0 aliphatic carbocycles. The van der Waals surface area contributed by atoms with Crippen LogP contribution in [0.2, 0.25) is 0 Å². The van der Waals surface area contributed by atoms with Gasteiger partial charge < -0.3 is 19.6 Å². The molecule has 0 amide bonds. The fraction of sp³-hybridized carbons (Fsp3) is 0.179. The Balaban J connectivity index is 1.36. The van der Waals surface area contributed by atoms with Gasteiger partial charge in [-0.25, -0.2) is 4.98 Å². The van der Waals surface area contributed by atoms with Gasteiger partial charge >= 0.3 is 0 Å². The predicted molar refractivity (Wildman–Crippen MR) is 140 cm³/mol. The standard InChI is InChI=1S/C28H28N4O4/c1-2-21(13-9-17-35-16-7-6-12-20-10-4-3-5-11-20)28(34)31-23-15-8-14-22-24(33)18-25(36-26(22)23)27-29-19-30-32-27/h2-5,8-11,13-15,17-19,28,31,34H,1,6-7,12,16H2,(H,29,30,32)/b17-9+,21-13+. The normalized spacial score (nSPS) is 12.6. The monoisotopic (exact) mass is 484 g/mol. The molecule has 0 aliphatic heterocycles. The maximum Gasteiger partial charge on any atom is 0.193 e. The van der Waals surface area contributed by atoms with Crippen LogP contribution in [-0.4, -0.2) is 33.1 Å². The summed E-state index contributed by atoms with van der Waals surface area (Å²) in [5.41, 5.74) is 2.36. The summed E-state index contributed by atoms with van der Waals surface area (Å²) in [6, 6.07) is 16.8. The van der Waals surface area contributed by atoms with E-state index < -0.39 is 6.23 Å². The van der Waals surface area contributed by atoms with Crippen molar-refractivity contribution >= 4 is 16.7 Å². The molecule has 2 heterocycles. The minimum atomic E-state index is -1.09. The second-order valence-corrected chi connectivity index (χ2v) is 8.05. The van der Waals surface area contributed by atoms with Gasteiger partial charge in [-0.15, -0.1) is 0 Å². The molecule has 0 saturated heterocycles. The van der Waals surface area contributed by atoms with Crippen molar-refractivity contribution in [2.75, 3.05) is 11.9 Å². The van der Waals surface area contributed by atoms with Crippen LogP contribution in [0.3, 0.4) is 0 Å². The third-order valence-corrected chi connectivity index (χ3v) is 5.53. The number of rotatable bonds is 12. The number of hydrogen-bond acceptors (Lipinski definition) is 7. The van der Waals surface area contributed by atoms with Gasteiger partial charge in [0.1, 0.15) is 6.33 Å². The van der Waals surface area contributed by atoms with Crippen LogP contribution >= 0.6 is 0 Å². The first kappa shape index (κ1) is 24.7. The van der Waals surface area contributed by atoms with E-state index >= 15 is 0 Å². The predicted octanol–water partition coefficient (Wildman–Crippen LogP) is 4.97. The number of H-pyrrole nitrogens is 1. The van der Waals surface area contributed by atoms with E-state index in [0.29, 0.717) is 34.7 Å². The molecule has 2 aromatic heterocycles. The number of para-hydroxylation sites is 1. The lowest BCUT2D eigenvalue weighted by Gasteiger charge is -2.16. The molecule has 0 radical (unpaired) electrons. The maximum atomic E-state index is 12.6. The number of aromatic amines is 1. The molecule has 0 fully saturated rings. The van der Waals surface area contributed by atoms with Crippen molar-refractivity contribution in [2.45, 2.75) is 25.5 Å². The molecule has 4 rings (SSSR count). The molecule has 1 atom stereocenters. The lowest BCUT2D eigenvalue weighted by Crippen LogP contribution is -2.20. The zero-order chi connectivity index (χ0) is 25.2. The smallest absolute Gasteiger partial charge is 0.193 e. The average molecular weight is 485 g/mol. The molecule has 3 N–H and O–H groups in total. The molecule has 184 valence electrons. The summed E-state index contributed by atoms with van der Waals surface area (Å²) >= 11 is 0. The molecule has 0 bridgehead atoms. The average Bonchev–Trinajstić information content (AvgIpc) is 3.44. The number of unbranched alkanes of at least 4 members (excludes halogenated alkanes) is 1. The maximum absolute atomic E-state index is 12.6. The van der Waals surface area contributed by atoms with Crippen molar-refractivity contribution in [3.8, 4) is 11.6 Å². The van der Waals surface area contributed by atoms with Crippen LogP contribution in [0, 0.1) is 0 Å². The zero-order valence-electron chi connectivity index (χ0n) is 19.8. The van der Waals surface area contributed by atoms with E-state index in [1.807, 2.05) is 18.2 Å². The third-order valence-electron chi connectivity index (χ3n) is 5.53. The van der Waals surface area contributed by atoms with Gasteiger partial charge in [-0.2, -0.15) is 5.10 Å². The Hall–Kier alpha value is -4.43. The SMILES string of the molecule is C=C/C(=C\C=C\OCCCCc1ccccc1)C(O)Nc1cccc2c(=O)cc(-c3ncn[nH]3)oc12. The number of benzene rings is 2. The molecule has 1 unspecified atom stereocenters. The number of hydrogen-bond donors (Lipinski definition) is 3. The lowest BCUT2D eigenvalue weighted by atomic mass is 10.1. The van der Waals surface area contributed by atoms with Gasteiger partial charge in [0.05, 0.1) is 23.9 Å². The Bertz CT molecular complexity index is 1390. The molecular formula is C28H28N4O4. The van der Waals surface area contributed by atoms with Crippen molar-refractivity contribution in [1.29, 1.82) is 0 Å². The fourth-order valence-electron chi connectivity index (χ4n) is 3.67. The number of anilines is 1. The Kier molecular flexibility index (Phi) is 8.45. The van der Waals surface area contributed by atoms with Crippen LogP contribution in [-0.2, 0) is 11.2 Å². The summed E-state index contributed by atoms with van der Waals surface area (Å²) in [7, 11) is 0. The highest BCUT2D eigenvalue weighted by Crippen LogP contribution is 2.26. The minimum Gasteiger partial charge on any atom is -0.501 e. The van der Waals surface area contributed by atoms with Gasteiger partial charge in [0.15, 0.2) is 28.8 Å². The summed E-state index contributed by atoms with van der Waals surface area (Å²) in [4.78, 5) is 16.6. The lowest BCUT2D eigenvalue weighted by molar-refractivity contribution is 0.240. The number of allylic oxidation sites excluding steroid dienone is 2. The van der Waals surface area contributed by atoms with Gasteiger partial charge in [-0.1, -0.05) is 55.1 Å². The number of aliphatic hydroxyl groups is 1. The van der Waals surface area contributed by atoms with Gasteiger partial charge in [-0.3, -0.25) is 9.89 Å². The highest BCUT2D eigenvalue weighted by molar-refractivity contribution is 5.89. The second-order valence-electron chi connectivity index (χ2n) is 8.05. The quantitative estimate of drug-likeness (QED) is 0.113. The van der Waals surface area contributed by atoms with E-state index in [1.165, 1.54) is 18.0 Å². The number of nitrogens with one attached hydrogen (secondary N) is 2. The molecule has 2 aromatic carbocycles. The van der Waals surface area contributed by atoms with Crippen molar-refractivity contribution < 1.29 is 14.3 Å². The van der Waals surface area contributed by atoms with E-state index in [2.05, 4.69) is 39.2 Å². The van der Waals surface area contributed by atoms with Crippen molar-refractivity contribution in [1.82, 2.24) is 15.2 Å². The number of fused-ring (bicyclic) bond motifs is 1. The van der Waals surface area contributed by atoms with E-state index in [0.717, 1.165) is 19.3 Å². The van der Waals surface area contributed by atoms with E-state index in [-0.39, 0.29) is 11.2 Å². The summed E-state index contributed by atoms with van der Waals surface area (Å²) in [6.07, 6.45) is 9.82. The molecular weight excluding hydrogens is 456 g/mol. The van der Waals surface area contributed by atoms with Crippen LogP contribution in [0.5, 0.6) is 0 Å². The van der Waals surface area contributed by atoms with Gasteiger partial charge in [0, 0.05) is 11.6 Å². The van der Waals surface area contributed by atoms with Crippen LogP contribution in [0.25, 0.3) is 22.6 Å². The fourth-order valence-corrected chi connectivity index (χ4v) is 3.67. The number of aliphatic hydroxyl groups excluding tert-OH is 1. The largest absolute Gasteiger partial charge is 0.501 e. The topological polar surface area (TPSA) is 113 Å². The first-order chi connectivity index (χ1) is 17.7. The molecule has 8 nitrogen and oxygen atoms in total. The van der Waals surface area contributed by atoms with Crippen molar-refractivity contribution in [2.24, 2.45) is 0 Å². The first-order valence-corrected chi connectivity index (χ1v) is 11.7. The van der Waals surface area contributed by atoms with E-state index in [4.69, 9.17) is 9.15 Å². The zero-order valence-corrected chi connectivity index (χ0v) is 19.8. The molecule has 8 heteroatoms. The summed E-state index contributed by atoms with van der Waals surface area (Å²) in [5, 5.41) is 20.6. The van der Waals surface area contributed by atoms with Crippen LogP contribution in [0.1, 0.15) is 18.4 Å². The number of ether oxygens (including phenoxy) is 1. The summed E-state index contributed by atoms with van der Waals surface area (Å²) < 4.78 is 11.5. The van der Waals surface area contributed by atoms with Crippen molar-refractivity contribution in [3.05, 3.63) is 113 Å². The Morgan fingerprint density at radius 3 is 2.83 bits per heavy atom. The molecule has 0 saturated carbocycles.